The van der Waals surface area contributed by atoms with E-state index in [-0.39, 0.29) is 10.6 Å². The Bertz CT molecular complexity index is 1270. The average Bonchev–Trinajstić information content (AvgIpc) is 2.66. The Morgan fingerprint density at radius 3 is 2.03 bits per heavy atom. The summed E-state index contributed by atoms with van der Waals surface area (Å²) in [7, 11) is -7.42. The largest absolute Gasteiger partial charge is 0.283 e. The topological polar surface area (TPSA) is 92.3 Å². The van der Waals surface area contributed by atoms with Crippen molar-refractivity contribution in [2.75, 3.05) is 9.44 Å². The van der Waals surface area contributed by atoms with E-state index < -0.39 is 20.0 Å². The van der Waals surface area contributed by atoms with Gasteiger partial charge in [-0.3, -0.25) is 9.44 Å². The van der Waals surface area contributed by atoms with E-state index in [9.17, 15) is 16.8 Å². The molecule has 2 N–H and O–H groups in total. The molecule has 0 aliphatic rings. The third-order valence-corrected chi connectivity index (χ3v) is 7.29. The maximum atomic E-state index is 12.7. The summed E-state index contributed by atoms with van der Waals surface area (Å²) >= 11 is 0. The van der Waals surface area contributed by atoms with Crippen LogP contribution in [0.5, 0.6) is 0 Å². The molecule has 3 aromatic carbocycles. The van der Waals surface area contributed by atoms with Crippen molar-refractivity contribution in [1.29, 1.82) is 0 Å². The fraction of sp³-hybridized carbons (Fsp3) is 0.182. The summed E-state index contributed by atoms with van der Waals surface area (Å²) in [5.41, 5.74) is 4.26. The second-order valence-electron chi connectivity index (χ2n) is 7.24. The van der Waals surface area contributed by atoms with Crippen LogP contribution in [0.2, 0.25) is 0 Å². The molecule has 8 heteroatoms. The van der Waals surface area contributed by atoms with Crippen molar-refractivity contribution >= 4 is 31.4 Å². The number of nitrogens with one attached hydrogen (secondary N) is 2. The van der Waals surface area contributed by atoms with Gasteiger partial charge in [-0.05, 0) is 67.8 Å². The SMILES string of the molecule is Cc1ccc(NS(=O)(=O)c2ccc(NS(=O)(=O)Cc3ccccc3C)cc2)c(C)c1. The molecule has 3 aromatic rings. The summed E-state index contributed by atoms with van der Waals surface area (Å²) in [6.07, 6.45) is 0. The van der Waals surface area contributed by atoms with Gasteiger partial charge >= 0.3 is 0 Å². The van der Waals surface area contributed by atoms with Crippen molar-refractivity contribution < 1.29 is 16.8 Å². The minimum absolute atomic E-state index is 0.0457. The van der Waals surface area contributed by atoms with Crippen LogP contribution in [0.25, 0.3) is 0 Å². The number of rotatable bonds is 7. The Labute approximate surface area is 178 Å². The third kappa shape index (κ3) is 5.40. The molecule has 0 unspecified atom stereocenters. The van der Waals surface area contributed by atoms with Gasteiger partial charge in [0.1, 0.15) is 0 Å². The van der Waals surface area contributed by atoms with Crippen LogP contribution in [0.15, 0.2) is 71.6 Å². The molecule has 158 valence electrons. The van der Waals surface area contributed by atoms with Gasteiger partial charge in [0, 0.05) is 5.69 Å². The van der Waals surface area contributed by atoms with Crippen LogP contribution < -0.4 is 9.44 Å². The molecule has 0 spiro atoms. The summed E-state index contributed by atoms with van der Waals surface area (Å²) in [6, 6.07) is 18.3. The fourth-order valence-corrected chi connectivity index (χ4v) is 5.46. The minimum Gasteiger partial charge on any atom is -0.283 e. The monoisotopic (exact) mass is 444 g/mol. The van der Waals surface area contributed by atoms with E-state index in [0.717, 1.165) is 16.7 Å². The van der Waals surface area contributed by atoms with E-state index in [1.54, 1.807) is 18.2 Å². The van der Waals surface area contributed by atoms with Crippen molar-refractivity contribution in [3.05, 3.63) is 89.0 Å². The van der Waals surface area contributed by atoms with Gasteiger partial charge in [0.2, 0.25) is 10.0 Å². The molecule has 0 bridgehead atoms. The molecule has 0 saturated heterocycles. The molecule has 0 radical (unpaired) electrons. The summed E-state index contributed by atoms with van der Waals surface area (Å²) < 4.78 is 55.3. The zero-order valence-electron chi connectivity index (χ0n) is 17.0. The van der Waals surface area contributed by atoms with E-state index in [1.165, 1.54) is 24.3 Å². The molecule has 0 fully saturated rings. The number of benzene rings is 3. The lowest BCUT2D eigenvalue weighted by Crippen LogP contribution is -2.16. The van der Waals surface area contributed by atoms with Crippen LogP contribution in [0, 0.1) is 20.8 Å². The van der Waals surface area contributed by atoms with Gasteiger partial charge in [-0.1, -0.05) is 42.0 Å². The highest BCUT2D eigenvalue weighted by atomic mass is 32.2. The lowest BCUT2D eigenvalue weighted by atomic mass is 10.1. The van der Waals surface area contributed by atoms with Crippen molar-refractivity contribution in [1.82, 2.24) is 0 Å². The predicted molar refractivity (Wildman–Crippen MR) is 121 cm³/mol. The van der Waals surface area contributed by atoms with E-state index >= 15 is 0 Å². The summed E-state index contributed by atoms with van der Waals surface area (Å²) in [6.45, 7) is 5.62. The van der Waals surface area contributed by atoms with Gasteiger partial charge in [0.25, 0.3) is 10.0 Å². The molecule has 30 heavy (non-hydrogen) atoms. The normalized spacial score (nSPS) is 11.8. The van der Waals surface area contributed by atoms with Gasteiger partial charge in [-0.2, -0.15) is 0 Å². The highest BCUT2D eigenvalue weighted by molar-refractivity contribution is 7.92. The van der Waals surface area contributed by atoms with Crippen LogP contribution in [0.1, 0.15) is 22.3 Å². The fourth-order valence-electron chi connectivity index (χ4n) is 3.03. The lowest BCUT2D eigenvalue weighted by molar-refractivity contribution is 0.599. The Morgan fingerprint density at radius 2 is 1.40 bits per heavy atom. The van der Waals surface area contributed by atoms with Crippen LogP contribution in [-0.2, 0) is 25.8 Å². The quantitative estimate of drug-likeness (QED) is 0.566. The van der Waals surface area contributed by atoms with Gasteiger partial charge < -0.3 is 0 Å². The van der Waals surface area contributed by atoms with E-state index in [0.29, 0.717) is 16.9 Å². The van der Waals surface area contributed by atoms with Crippen molar-refractivity contribution in [3.8, 4) is 0 Å². The molecule has 0 heterocycles. The Hall–Kier alpha value is -2.84. The predicted octanol–water partition coefficient (Wildman–Crippen LogP) is 4.35. The number of hydrogen-bond acceptors (Lipinski definition) is 4. The first kappa shape index (κ1) is 21.9. The smallest absolute Gasteiger partial charge is 0.261 e. The van der Waals surface area contributed by atoms with E-state index in [4.69, 9.17) is 0 Å². The zero-order chi connectivity index (χ0) is 21.9. The second-order valence-corrected chi connectivity index (χ2v) is 10.6. The number of aryl methyl sites for hydroxylation is 3. The lowest BCUT2D eigenvalue weighted by Gasteiger charge is -2.13. The van der Waals surface area contributed by atoms with Crippen LogP contribution in [0.4, 0.5) is 11.4 Å². The highest BCUT2D eigenvalue weighted by Crippen LogP contribution is 2.22. The molecule has 0 atom stereocenters. The maximum absolute atomic E-state index is 12.7. The Morgan fingerprint density at radius 1 is 0.733 bits per heavy atom. The van der Waals surface area contributed by atoms with Gasteiger partial charge in [-0.15, -0.1) is 0 Å². The van der Waals surface area contributed by atoms with Gasteiger partial charge in [0.15, 0.2) is 0 Å². The first-order chi connectivity index (χ1) is 14.1. The molecule has 0 aromatic heterocycles. The summed E-state index contributed by atoms with van der Waals surface area (Å²) in [5, 5.41) is 0. The Kier molecular flexibility index (Phi) is 6.19. The summed E-state index contributed by atoms with van der Waals surface area (Å²) in [4.78, 5) is 0.0457. The zero-order valence-corrected chi connectivity index (χ0v) is 18.6. The first-order valence-corrected chi connectivity index (χ1v) is 12.4. The maximum Gasteiger partial charge on any atom is 0.261 e. The van der Waals surface area contributed by atoms with Crippen molar-refractivity contribution in [3.63, 3.8) is 0 Å². The van der Waals surface area contributed by atoms with Gasteiger partial charge in [0.05, 0.1) is 16.3 Å². The molecule has 0 aliphatic heterocycles. The molecular formula is C22H24N2O4S2. The van der Waals surface area contributed by atoms with Crippen LogP contribution in [0.3, 0.4) is 0 Å². The van der Waals surface area contributed by atoms with Crippen LogP contribution in [-0.4, -0.2) is 16.8 Å². The average molecular weight is 445 g/mol. The minimum atomic E-state index is -3.79. The summed E-state index contributed by atoms with van der Waals surface area (Å²) in [5.74, 6) is -0.159. The number of sulfonamides is 2. The molecule has 0 aliphatic carbocycles. The van der Waals surface area contributed by atoms with Gasteiger partial charge in [-0.25, -0.2) is 16.8 Å². The molecular weight excluding hydrogens is 420 g/mol. The van der Waals surface area contributed by atoms with Crippen LogP contribution >= 0.6 is 0 Å². The number of anilines is 2. The molecule has 0 amide bonds. The number of hydrogen-bond donors (Lipinski definition) is 2. The molecule has 3 rings (SSSR count). The Balaban J connectivity index is 1.74. The van der Waals surface area contributed by atoms with Crippen molar-refractivity contribution in [2.24, 2.45) is 0 Å². The third-order valence-electron chi connectivity index (χ3n) is 4.67. The highest BCUT2D eigenvalue weighted by Gasteiger charge is 2.17. The second kappa shape index (κ2) is 8.49. The van der Waals surface area contributed by atoms with Crippen molar-refractivity contribution in [2.45, 2.75) is 31.4 Å². The first-order valence-electron chi connectivity index (χ1n) is 9.31. The molecule has 6 nitrogen and oxygen atoms in total. The standard InChI is InChI=1S/C22H24N2O4S2/c1-16-8-13-22(18(3)14-16)24-30(27,28)21-11-9-20(10-12-21)23-29(25,26)15-19-7-5-4-6-17(19)2/h4-14,23-24H,15H2,1-3H3. The van der Waals surface area contributed by atoms with E-state index in [1.807, 2.05) is 45.0 Å². The van der Waals surface area contributed by atoms with E-state index in [2.05, 4.69) is 9.44 Å². The molecule has 0 saturated carbocycles.